The van der Waals surface area contributed by atoms with Gasteiger partial charge in [-0.25, -0.2) is 8.42 Å². The first-order valence-electron chi connectivity index (χ1n) is 6.19. The first-order valence-corrected chi connectivity index (χ1v) is 8.46. The number of carbonyl (C=O) groups is 1. The third kappa shape index (κ3) is 4.31. The number of hydrogen-bond acceptors (Lipinski definition) is 3. The van der Waals surface area contributed by atoms with Crippen molar-refractivity contribution < 1.29 is 13.2 Å². The van der Waals surface area contributed by atoms with Crippen molar-refractivity contribution in [1.82, 2.24) is 0 Å². The monoisotopic (exact) mass is 323 g/mol. The Labute approximate surface area is 128 Å². The van der Waals surface area contributed by atoms with E-state index in [0.717, 1.165) is 11.8 Å². The first kappa shape index (κ1) is 15.5. The lowest BCUT2D eigenvalue weighted by molar-refractivity contribution is -0.115. The molecule has 0 saturated heterocycles. The van der Waals surface area contributed by atoms with Crippen molar-refractivity contribution in [2.45, 2.75) is 11.3 Å². The summed E-state index contributed by atoms with van der Waals surface area (Å²) in [6.07, 6.45) is 1.30. The summed E-state index contributed by atoms with van der Waals surface area (Å²) in [5.41, 5.74) is 1.28. The molecule has 0 fully saturated rings. The van der Waals surface area contributed by atoms with Gasteiger partial charge in [0, 0.05) is 17.0 Å². The Bertz CT molecular complexity index is 755. The first-order chi connectivity index (χ1) is 9.86. The zero-order valence-corrected chi connectivity index (χ0v) is 12.9. The molecule has 2 aromatic carbocycles. The van der Waals surface area contributed by atoms with E-state index < -0.39 is 9.84 Å². The van der Waals surface area contributed by atoms with Gasteiger partial charge in [-0.2, -0.15) is 0 Å². The molecule has 0 aliphatic heterocycles. The zero-order valence-electron chi connectivity index (χ0n) is 11.3. The van der Waals surface area contributed by atoms with Crippen LogP contribution >= 0.6 is 11.6 Å². The molecule has 1 N–H and O–H groups in total. The van der Waals surface area contributed by atoms with Crippen LogP contribution in [0.3, 0.4) is 0 Å². The zero-order chi connectivity index (χ0) is 15.5. The van der Waals surface area contributed by atoms with Gasteiger partial charge in [-0.1, -0.05) is 29.8 Å². The van der Waals surface area contributed by atoms with E-state index in [1.54, 1.807) is 30.3 Å². The van der Waals surface area contributed by atoms with Gasteiger partial charge in [-0.3, -0.25) is 4.79 Å². The Balaban J connectivity index is 2.05. The van der Waals surface area contributed by atoms with Crippen LogP contribution in [0.2, 0.25) is 5.02 Å². The van der Waals surface area contributed by atoms with Crippen LogP contribution in [0, 0.1) is 0 Å². The van der Waals surface area contributed by atoms with E-state index in [0.29, 0.717) is 10.7 Å². The number of hydrogen-bond donors (Lipinski definition) is 1. The number of benzene rings is 2. The fourth-order valence-corrected chi connectivity index (χ4v) is 2.64. The maximum absolute atomic E-state index is 11.9. The van der Waals surface area contributed by atoms with Crippen molar-refractivity contribution in [2.24, 2.45) is 0 Å². The molecule has 4 nitrogen and oxygen atoms in total. The van der Waals surface area contributed by atoms with E-state index in [9.17, 15) is 13.2 Å². The van der Waals surface area contributed by atoms with Crippen LogP contribution in [0.15, 0.2) is 53.4 Å². The lowest BCUT2D eigenvalue weighted by atomic mass is 10.1. The minimum Gasteiger partial charge on any atom is -0.326 e. The van der Waals surface area contributed by atoms with Gasteiger partial charge < -0.3 is 5.32 Å². The fraction of sp³-hybridized carbons (Fsp3) is 0.133. The Morgan fingerprint density at radius 2 is 1.71 bits per heavy atom. The SMILES string of the molecule is CS(=O)(=O)c1ccc(NC(=O)Cc2ccccc2Cl)cc1. The highest BCUT2D eigenvalue weighted by Crippen LogP contribution is 2.17. The number of halogens is 1. The van der Waals surface area contributed by atoms with Crippen molar-refractivity contribution in [2.75, 3.05) is 11.6 Å². The third-order valence-corrected chi connectivity index (χ3v) is 4.37. The summed E-state index contributed by atoms with van der Waals surface area (Å²) >= 11 is 6.00. The highest BCUT2D eigenvalue weighted by Gasteiger charge is 2.09. The van der Waals surface area contributed by atoms with Crippen LogP contribution in [-0.2, 0) is 21.1 Å². The van der Waals surface area contributed by atoms with Crippen LogP contribution in [-0.4, -0.2) is 20.6 Å². The van der Waals surface area contributed by atoms with E-state index in [4.69, 9.17) is 11.6 Å². The predicted molar refractivity (Wildman–Crippen MR) is 83.3 cm³/mol. The number of sulfone groups is 1. The van der Waals surface area contributed by atoms with Gasteiger partial charge in [-0.15, -0.1) is 0 Å². The van der Waals surface area contributed by atoms with Crippen LogP contribution in [0.25, 0.3) is 0 Å². The number of anilines is 1. The Hall–Kier alpha value is -1.85. The van der Waals surface area contributed by atoms with Gasteiger partial charge in [0.25, 0.3) is 0 Å². The molecule has 0 aliphatic rings. The van der Waals surface area contributed by atoms with Crippen molar-refractivity contribution in [3.63, 3.8) is 0 Å². The van der Waals surface area contributed by atoms with Gasteiger partial charge >= 0.3 is 0 Å². The molecule has 21 heavy (non-hydrogen) atoms. The summed E-state index contributed by atoms with van der Waals surface area (Å²) in [6, 6.07) is 13.2. The molecule has 0 aromatic heterocycles. The smallest absolute Gasteiger partial charge is 0.228 e. The summed E-state index contributed by atoms with van der Waals surface area (Å²) in [5.74, 6) is -0.213. The topological polar surface area (TPSA) is 63.2 Å². The number of nitrogens with one attached hydrogen (secondary N) is 1. The molecule has 0 bridgehead atoms. The second-order valence-corrected chi connectivity index (χ2v) is 7.04. The summed E-state index contributed by atoms with van der Waals surface area (Å²) in [4.78, 5) is 12.1. The predicted octanol–water partition coefficient (Wildman–Crippen LogP) is 2.92. The maximum atomic E-state index is 11.9. The second kappa shape index (κ2) is 6.28. The minimum absolute atomic E-state index is 0.160. The molecule has 0 atom stereocenters. The van der Waals surface area contributed by atoms with Crippen LogP contribution in [0.4, 0.5) is 5.69 Å². The molecule has 2 aromatic rings. The molecule has 0 aliphatic carbocycles. The molecule has 0 radical (unpaired) electrons. The summed E-state index contributed by atoms with van der Waals surface area (Å²) in [6.45, 7) is 0. The van der Waals surface area contributed by atoms with Gasteiger partial charge in [0.2, 0.25) is 5.91 Å². The van der Waals surface area contributed by atoms with Crippen LogP contribution in [0.1, 0.15) is 5.56 Å². The van der Waals surface area contributed by atoms with Crippen molar-refractivity contribution in [1.29, 1.82) is 0 Å². The Morgan fingerprint density at radius 1 is 1.10 bits per heavy atom. The van der Waals surface area contributed by atoms with E-state index in [1.165, 1.54) is 12.1 Å². The molecule has 0 heterocycles. The summed E-state index contributed by atoms with van der Waals surface area (Å²) in [7, 11) is -3.23. The van der Waals surface area contributed by atoms with Crippen molar-refractivity contribution >= 4 is 33.0 Å². The Morgan fingerprint density at radius 3 is 2.29 bits per heavy atom. The third-order valence-electron chi connectivity index (χ3n) is 2.88. The molecule has 0 saturated carbocycles. The quantitative estimate of drug-likeness (QED) is 0.941. The molecule has 1 amide bonds. The average molecular weight is 324 g/mol. The maximum Gasteiger partial charge on any atom is 0.228 e. The van der Waals surface area contributed by atoms with Crippen molar-refractivity contribution in [3.05, 3.63) is 59.1 Å². The van der Waals surface area contributed by atoms with E-state index in [2.05, 4.69) is 5.32 Å². The van der Waals surface area contributed by atoms with Gasteiger partial charge in [-0.05, 0) is 35.9 Å². The van der Waals surface area contributed by atoms with Crippen LogP contribution < -0.4 is 5.32 Å². The number of carbonyl (C=O) groups excluding carboxylic acids is 1. The number of amides is 1. The van der Waals surface area contributed by atoms with E-state index >= 15 is 0 Å². The van der Waals surface area contributed by atoms with Gasteiger partial charge in [0.1, 0.15) is 0 Å². The van der Waals surface area contributed by atoms with Gasteiger partial charge in [0.15, 0.2) is 9.84 Å². The average Bonchev–Trinajstić information content (AvgIpc) is 2.41. The summed E-state index contributed by atoms with van der Waals surface area (Å²) < 4.78 is 22.7. The van der Waals surface area contributed by atoms with Crippen LogP contribution in [0.5, 0.6) is 0 Å². The lowest BCUT2D eigenvalue weighted by Gasteiger charge is -2.07. The molecular weight excluding hydrogens is 310 g/mol. The molecule has 0 spiro atoms. The molecule has 2 rings (SSSR count). The van der Waals surface area contributed by atoms with E-state index in [1.807, 2.05) is 6.07 Å². The Kier molecular flexibility index (Phi) is 4.65. The fourth-order valence-electron chi connectivity index (χ4n) is 1.81. The molecule has 0 unspecified atom stereocenters. The molecule has 6 heteroatoms. The lowest BCUT2D eigenvalue weighted by Crippen LogP contribution is -2.14. The van der Waals surface area contributed by atoms with Crippen molar-refractivity contribution in [3.8, 4) is 0 Å². The normalized spacial score (nSPS) is 11.1. The second-order valence-electron chi connectivity index (χ2n) is 4.61. The van der Waals surface area contributed by atoms with Gasteiger partial charge in [0.05, 0.1) is 11.3 Å². The molecular formula is C15H14ClNO3S. The summed E-state index contributed by atoms with van der Waals surface area (Å²) in [5, 5.41) is 3.25. The van der Waals surface area contributed by atoms with E-state index in [-0.39, 0.29) is 17.2 Å². The standard InChI is InChI=1S/C15H14ClNO3S/c1-21(19,20)13-8-6-12(7-9-13)17-15(18)10-11-4-2-3-5-14(11)16/h2-9H,10H2,1H3,(H,17,18). The minimum atomic E-state index is -3.23. The highest BCUT2D eigenvalue weighted by atomic mass is 35.5. The largest absolute Gasteiger partial charge is 0.326 e. The molecule has 110 valence electrons. The highest BCUT2D eigenvalue weighted by molar-refractivity contribution is 7.90. The number of rotatable bonds is 4.